The van der Waals surface area contributed by atoms with Gasteiger partial charge in [0.25, 0.3) is 0 Å². The van der Waals surface area contributed by atoms with E-state index in [1.54, 1.807) is 6.21 Å². The number of hydrazone groups is 1. The Morgan fingerprint density at radius 1 is 1.20 bits per heavy atom. The predicted molar refractivity (Wildman–Crippen MR) is 101 cm³/mol. The fraction of sp³-hybridized carbons (Fsp3) is 0.619. The maximum atomic E-state index is 12.4. The molecule has 25 heavy (non-hydrogen) atoms. The molecular formula is C21H30N2O2. The number of ether oxygens (including phenoxy) is 1. The second-order valence-corrected chi connectivity index (χ2v) is 7.32. The zero-order valence-electron chi connectivity index (χ0n) is 15.2. The average molecular weight is 342 g/mol. The highest BCUT2D eigenvalue weighted by molar-refractivity contribution is 5.86. The summed E-state index contributed by atoms with van der Waals surface area (Å²) in [5.41, 5.74) is 3.66. The summed E-state index contributed by atoms with van der Waals surface area (Å²) in [6.07, 6.45) is 11.5. The van der Waals surface area contributed by atoms with Gasteiger partial charge in [-0.05, 0) is 43.2 Å². The van der Waals surface area contributed by atoms with Crippen molar-refractivity contribution >= 4 is 12.1 Å². The summed E-state index contributed by atoms with van der Waals surface area (Å²) in [7, 11) is 0. The van der Waals surface area contributed by atoms with Gasteiger partial charge >= 0.3 is 0 Å². The maximum absolute atomic E-state index is 12.4. The summed E-state index contributed by atoms with van der Waals surface area (Å²) in [6.45, 7) is 2.85. The average Bonchev–Trinajstić information content (AvgIpc) is 3.27. The largest absolute Gasteiger partial charge is 0.493 e. The van der Waals surface area contributed by atoms with Gasteiger partial charge in [-0.2, -0.15) is 5.10 Å². The van der Waals surface area contributed by atoms with Crippen LogP contribution in [0.3, 0.4) is 0 Å². The van der Waals surface area contributed by atoms with E-state index in [9.17, 15) is 4.79 Å². The second kappa shape index (κ2) is 9.02. The van der Waals surface area contributed by atoms with Crippen LogP contribution >= 0.6 is 0 Å². The van der Waals surface area contributed by atoms with Crippen LogP contribution in [-0.2, 0) is 4.79 Å². The van der Waals surface area contributed by atoms with E-state index < -0.39 is 0 Å². The third kappa shape index (κ3) is 4.83. The van der Waals surface area contributed by atoms with Crippen LogP contribution in [0.5, 0.6) is 5.75 Å². The smallest absolute Gasteiger partial charge is 0.243 e. The summed E-state index contributed by atoms with van der Waals surface area (Å²) in [6, 6.07) is 7.82. The first-order valence-electron chi connectivity index (χ1n) is 9.86. The monoisotopic (exact) mass is 342 g/mol. The molecule has 1 aromatic rings. The molecule has 0 aromatic heterocycles. The first-order chi connectivity index (χ1) is 12.3. The number of unbranched alkanes of at least 4 members (excludes halogenated alkanes) is 1. The highest BCUT2D eigenvalue weighted by Gasteiger charge is 2.53. The second-order valence-electron chi connectivity index (χ2n) is 7.32. The molecule has 0 radical (unpaired) electrons. The van der Waals surface area contributed by atoms with Crippen LogP contribution in [0.2, 0.25) is 0 Å². The number of benzene rings is 1. The maximum Gasteiger partial charge on any atom is 0.243 e. The van der Waals surface area contributed by atoms with Gasteiger partial charge in [0.2, 0.25) is 5.91 Å². The van der Waals surface area contributed by atoms with Crippen molar-refractivity contribution in [2.24, 2.45) is 22.9 Å². The van der Waals surface area contributed by atoms with Gasteiger partial charge in [-0.3, -0.25) is 4.79 Å². The lowest BCUT2D eigenvalue weighted by Gasteiger charge is -2.08. The molecule has 1 aromatic carbocycles. The third-order valence-corrected chi connectivity index (χ3v) is 5.51. The summed E-state index contributed by atoms with van der Waals surface area (Å²) in [4.78, 5) is 12.4. The van der Waals surface area contributed by atoms with Gasteiger partial charge in [0, 0.05) is 11.5 Å². The van der Waals surface area contributed by atoms with Gasteiger partial charge in [-0.25, -0.2) is 5.43 Å². The molecule has 0 unspecified atom stereocenters. The number of carbonyl (C=O) groups excluding carboxylic acids is 1. The molecule has 136 valence electrons. The summed E-state index contributed by atoms with van der Waals surface area (Å²) >= 11 is 0. The zero-order valence-corrected chi connectivity index (χ0v) is 15.2. The molecule has 1 amide bonds. The number of fused-ring (bicyclic) bond motifs is 1. The normalized spacial score (nSPS) is 25.7. The van der Waals surface area contributed by atoms with E-state index in [1.165, 1.54) is 38.5 Å². The Morgan fingerprint density at radius 3 is 2.64 bits per heavy atom. The predicted octanol–water partition coefficient (Wildman–Crippen LogP) is 4.53. The molecule has 1 N–H and O–H groups in total. The van der Waals surface area contributed by atoms with E-state index in [-0.39, 0.29) is 11.8 Å². The van der Waals surface area contributed by atoms with Gasteiger partial charge in [0.1, 0.15) is 5.75 Å². The van der Waals surface area contributed by atoms with E-state index in [2.05, 4.69) is 17.5 Å². The van der Waals surface area contributed by atoms with Crippen LogP contribution < -0.4 is 10.2 Å². The number of hydrogen-bond acceptors (Lipinski definition) is 3. The summed E-state index contributed by atoms with van der Waals surface area (Å²) in [5, 5.41) is 4.19. The number of nitrogens with zero attached hydrogens (tertiary/aromatic N) is 1. The molecule has 0 spiro atoms. The van der Waals surface area contributed by atoms with Gasteiger partial charge in [0.05, 0.1) is 12.8 Å². The molecule has 3 rings (SSSR count). The van der Waals surface area contributed by atoms with Crippen molar-refractivity contribution in [1.82, 2.24) is 5.43 Å². The number of nitrogens with one attached hydrogen (secondary N) is 1. The highest BCUT2D eigenvalue weighted by atomic mass is 16.5. The molecule has 2 fully saturated rings. The van der Waals surface area contributed by atoms with Gasteiger partial charge in [-0.15, -0.1) is 0 Å². The van der Waals surface area contributed by atoms with Crippen molar-refractivity contribution in [1.29, 1.82) is 0 Å². The third-order valence-electron chi connectivity index (χ3n) is 5.51. The summed E-state index contributed by atoms with van der Waals surface area (Å²) < 4.78 is 5.80. The Hall–Kier alpha value is -1.84. The van der Waals surface area contributed by atoms with E-state index >= 15 is 0 Å². The van der Waals surface area contributed by atoms with Gasteiger partial charge in [-0.1, -0.05) is 51.2 Å². The van der Waals surface area contributed by atoms with Crippen LogP contribution in [0.4, 0.5) is 0 Å². The topological polar surface area (TPSA) is 50.7 Å². The van der Waals surface area contributed by atoms with Crippen LogP contribution in [0.15, 0.2) is 29.4 Å². The van der Waals surface area contributed by atoms with Crippen LogP contribution in [0.1, 0.15) is 63.9 Å². The van der Waals surface area contributed by atoms with Crippen LogP contribution in [0, 0.1) is 17.8 Å². The standard InChI is InChI=1S/C21H30N2O2/c1-2-3-14-25-19-13-9-8-10-16(19)15-22-23-21(24)20-17-11-6-4-5-7-12-18(17)20/h8-10,13,15,17-18,20H,2-7,11-12,14H2,1H3,(H,23,24)/b22-15-/t17-,18-/m1/s1. The van der Waals surface area contributed by atoms with Crippen molar-refractivity contribution in [3.05, 3.63) is 29.8 Å². The number of carbonyl (C=O) groups is 1. The molecule has 2 atom stereocenters. The molecule has 4 heteroatoms. The van der Waals surface area contributed by atoms with Crippen molar-refractivity contribution in [2.75, 3.05) is 6.61 Å². The molecule has 2 aliphatic rings. The minimum atomic E-state index is 0.0949. The van der Waals surface area contributed by atoms with Gasteiger partial charge in [0.15, 0.2) is 0 Å². The minimum absolute atomic E-state index is 0.0949. The molecule has 0 aliphatic heterocycles. The minimum Gasteiger partial charge on any atom is -0.493 e. The molecule has 2 saturated carbocycles. The van der Waals surface area contributed by atoms with Crippen molar-refractivity contribution < 1.29 is 9.53 Å². The molecule has 0 heterocycles. The fourth-order valence-corrected chi connectivity index (χ4v) is 4.02. The lowest BCUT2D eigenvalue weighted by atomic mass is 10.0. The van der Waals surface area contributed by atoms with Crippen molar-refractivity contribution in [2.45, 2.75) is 58.3 Å². The Morgan fingerprint density at radius 2 is 1.92 bits per heavy atom. The Bertz CT molecular complexity index is 585. The Kier molecular flexibility index (Phi) is 6.48. The first-order valence-corrected chi connectivity index (χ1v) is 9.86. The first kappa shape index (κ1) is 18.0. The molecular weight excluding hydrogens is 312 g/mol. The van der Waals surface area contributed by atoms with Crippen LogP contribution in [-0.4, -0.2) is 18.7 Å². The number of para-hydroxylation sites is 1. The van der Waals surface area contributed by atoms with Crippen molar-refractivity contribution in [3.8, 4) is 5.75 Å². The molecule has 0 saturated heterocycles. The van der Waals surface area contributed by atoms with Crippen molar-refractivity contribution in [3.63, 3.8) is 0 Å². The molecule has 0 bridgehead atoms. The zero-order chi connectivity index (χ0) is 17.5. The fourth-order valence-electron chi connectivity index (χ4n) is 4.02. The Labute approximate surface area is 151 Å². The van der Waals surface area contributed by atoms with Crippen LogP contribution in [0.25, 0.3) is 0 Å². The SMILES string of the molecule is CCCCOc1ccccc1/C=N\NC(=O)C1[C@@H]2CCCCCC[C@@H]12. The Balaban J connectivity index is 1.52. The van der Waals surface area contributed by atoms with E-state index in [1.807, 2.05) is 24.3 Å². The molecule has 4 nitrogen and oxygen atoms in total. The van der Waals surface area contributed by atoms with E-state index in [0.29, 0.717) is 18.4 Å². The highest BCUT2D eigenvalue weighted by Crippen LogP contribution is 2.53. The number of amides is 1. The number of rotatable bonds is 7. The number of hydrogen-bond donors (Lipinski definition) is 1. The lowest BCUT2D eigenvalue weighted by Crippen LogP contribution is -2.21. The quantitative estimate of drug-likeness (QED) is 0.449. The molecule has 2 aliphatic carbocycles. The summed E-state index contributed by atoms with van der Waals surface area (Å²) in [5.74, 6) is 2.30. The van der Waals surface area contributed by atoms with E-state index in [0.717, 1.165) is 24.2 Å². The lowest BCUT2D eigenvalue weighted by molar-refractivity contribution is -0.122. The van der Waals surface area contributed by atoms with Gasteiger partial charge < -0.3 is 4.74 Å². The van der Waals surface area contributed by atoms with E-state index in [4.69, 9.17) is 4.74 Å².